The van der Waals surface area contributed by atoms with Crippen molar-refractivity contribution in [3.05, 3.63) is 88.2 Å². The summed E-state index contributed by atoms with van der Waals surface area (Å²) in [6.07, 6.45) is 0. The Balaban J connectivity index is 1.67. The van der Waals surface area contributed by atoms with E-state index in [0.29, 0.717) is 22.7 Å². The van der Waals surface area contributed by atoms with E-state index in [1.165, 1.54) is 11.3 Å². The minimum Gasteiger partial charge on any atom is -0.465 e. The number of aryl methyl sites for hydroxylation is 2. The lowest BCUT2D eigenvalue weighted by molar-refractivity contribution is -0.143. The summed E-state index contributed by atoms with van der Waals surface area (Å²) in [5.41, 5.74) is 3.53. The lowest BCUT2D eigenvalue weighted by Gasteiger charge is -2.07. The quantitative estimate of drug-likeness (QED) is 0.361. The smallest absolute Gasteiger partial charge is 0.326 e. The van der Waals surface area contributed by atoms with Crippen molar-refractivity contribution in [2.24, 2.45) is 4.99 Å². The van der Waals surface area contributed by atoms with Crippen LogP contribution in [0.25, 0.3) is 10.2 Å². The second-order valence-electron chi connectivity index (χ2n) is 7.54. The van der Waals surface area contributed by atoms with Gasteiger partial charge in [0.05, 0.1) is 16.8 Å². The number of benzene rings is 3. The Morgan fingerprint density at radius 1 is 0.939 bits per heavy atom. The first kappa shape index (κ1) is 22.5. The summed E-state index contributed by atoms with van der Waals surface area (Å²) >= 11 is 1.38. The molecule has 0 saturated carbocycles. The maximum atomic E-state index is 12.9. The van der Waals surface area contributed by atoms with Gasteiger partial charge < -0.3 is 14.0 Å². The Kier molecular flexibility index (Phi) is 6.70. The average molecular weight is 461 g/mol. The van der Waals surface area contributed by atoms with Crippen LogP contribution in [0.1, 0.15) is 28.4 Å². The molecule has 1 aromatic heterocycles. The zero-order valence-electron chi connectivity index (χ0n) is 18.7. The molecule has 0 N–H and O–H groups in total. The van der Waals surface area contributed by atoms with Gasteiger partial charge in [0.15, 0.2) is 4.80 Å². The van der Waals surface area contributed by atoms with E-state index in [1.54, 1.807) is 35.8 Å². The number of hydrogen-bond donors (Lipinski definition) is 0. The molecular weight excluding hydrogens is 436 g/mol. The monoisotopic (exact) mass is 460 g/mol. The molecular formula is C26H24N2O4S. The summed E-state index contributed by atoms with van der Waals surface area (Å²) in [6, 6.07) is 20.3. The number of carbonyl (C=O) groups excluding carboxylic acids is 2. The first-order valence-corrected chi connectivity index (χ1v) is 11.4. The van der Waals surface area contributed by atoms with Crippen LogP contribution < -0.4 is 9.54 Å². The van der Waals surface area contributed by atoms with Crippen molar-refractivity contribution in [3.8, 4) is 11.5 Å². The number of para-hydroxylation sites is 1. The number of fused-ring (bicyclic) bond motifs is 1. The SMILES string of the molecule is CCOC(=O)Cn1c(=NC(=O)c2ccc(Oc3ccccc3)cc2)sc2cc(C)c(C)cc21. The second-order valence-corrected chi connectivity index (χ2v) is 8.55. The zero-order valence-corrected chi connectivity index (χ0v) is 19.5. The lowest BCUT2D eigenvalue weighted by atomic mass is 10.1. The average Bonchev–Trinajstić information content (AvgIpc) is 3.11. The molecule has 7 heteroatoms. The van der Waals surface area contributed by atoms with Crippen LogP contribution in [0.15, 0.2) is 71.7 Å². The van der Waals surface area contributed by atoms with Gasteiger partial charge in [0.25, 0.3) is 5.91 Å². The molecule has 0 aliphatic heterocycles. The fourth-order valence-electron chi connectivity index (χ4n) is 3.34. The van der Waals surface area contributed by atoms with Gasteiger partial charge in [0.2, 0.25) is 0 Å². The molecule has 1 amide bonds. The number of thiazole rings is 1. The molecule has 4 aromatic rings. The van der Waals surface area contributed by atoms with Gasteiger partial charge >= 0.3 is 5.97 Å². The summed E-state index contributed by atoms with van der Waals surface area (Å²) in [6.45, 7) is 6.10. The topological polar surface area (TPSA) is 69.9 Å². The van der Waals surface area contributed by atoms with Crippen molar-refractivity contribution in [1.29, 1.82) is 0 Å². The first-order chi connectivity index (χ1) is 15.9. The van der Waals surface area contributed by atoms with E-state index >= 15 is 0 Å². The standard InChI is InChI=1S/C26H24N2O4S/c1-4-31-24(29)16-28-22-14-17(2)18(3)15-23(22)33-26(28)27-25(30)19-10-12-21(13-11-19)32-20-8-6-5-7-9-20/h5-15H,4,16H2,1-3H3. The molecule has 0 fully saturated rings. The Morgan fingerprint density at radius 3 is 2.30 bits per heavy atom. The molecule has 0 radical (unpaired) electrons. The van der Waals surface area contributed by atoms with Crippen LogP contribution in [0.3, 0.4) is 0 Å². The lowest BCUT2D eigenvalue weighted by Crippen LogP contribution is -2.23. The highest BCUT2D eigenvalue weighted by Crippen LogP contribution is 2.23. The normalized spacial score (nSPS) is 11.5. The van der Waals surface area contributed by atoms with Crippen LogP contribution in [0.4, 0.5) is 0 Å². The predicted octanol–water partition coefficient (Wildman–Crippen LogP) is 5.42. The van der Waals surface area contributed by atoms with Gasteiger partial charge in [0, 0.05) is 5.56 Å². The van der Waals surface area contributed by atoms with E-state index in [4.69, 9.17) is 9.47 Å². The minimum absolute atomic E-state index is 0.00763. The van der Waals surface area contributed by atoms with Gasteiger partial charge in [-0.2, -0.15) is 4.99 Å². The third-order valence-electron chi connectivity index (χ3n) is 5.17. The third-order valence-corrected chi connectivity index (χ3v) is 6.21. The van der Waals surface area contributed by atoms with E-state index in [1.807, 2.05) is 50.2 Å². The summed E-state index contributed by atoms with van der Waals surface area (Å²) in [7, 11) is 0. The van der Waals surface area contributed by atoms with Gasteiger partial charge in [-0.25, -0.2) is 0 Å². The van der Waals surface area contributed by atoms with E-state index in [9.17, 15) is 9.59 Å². The van der Waals surface area contributed by atoms with E-state index in [2.05, 4.69) is 11.1 Å². The Labute approximate surface area is 195 Å². The summed E-state index contributed by atoms with van der Waals surface area (Å²) < 4.78 is 13.6. The van der Waals surface area contributed by atoms with Gasteiger partial charge in [-0.3, -0.25) is 9.59 Å². The van der Waals surface area contributed by atoms with Gasteiger partial charge in [-0.15, -0.1) is 0 Å². The van der Waals surface area contributed by atoms with Crippen LogP contribution >= 0.6 is 11.3 Å². The molecule has 0 atom stereocenters. The highest BCUT2D eigenvalue weighted by Gasteiger charge is 2.14. The van der Waals surface area contributed by atoms with E-state index in [0.717, 1.165) is 27.1 Å². The third kappa shape index (κ3) is 5.21. The molecule has 0 unspecified atom stereocenters. The fraction of sp³-hybridized carbons (Fsp3) is 0.192. The zero-order chi connectivity index (χ0) is 23.4. The first-order valence-electron chi connectivity index (χ1n) is 10.6. The molecule has 0 aliphatic carbocycles. The number of nitrogens with zero attached hydrogens (tertiary/aromatic N) is 2. The van der Waals surface area contributed by atoms with E-state index in [-0.39, 0.29) is 18.4 Å². The summed E-state index contributed by atoms with van der Waals surface area (Å²) in [5.74, 6) is 0.589. The molecule has 0 bridgehead atoms. The number of rotatable bonds is 6. The Bertz CT molecular complexity index is 1370. The highest BCUT2D eigenvalue weighted by atomic mass is 32.1. The molecule has 6 nitrogen and oxygen atoms in total. The summed E-state index contributed by atoms with van der Waals surface area (Å²) in [5, 5.41) is 0. The van der Waals surface area contributed by atoms with Gasteiger partial charge in [0.1, 0.15) is 18.0 Å². The van der Waals surface area contributed by atoms with Gasteiger partial charge in [-0.1, -0.05) is 29.5 Å². The Morgan fingerprint density at radius 2 is 1.61 bits per heavy atom. The van der Waals surface area contributed by atoms with E-state index < -0.39 is 0 Å². The molecule has 0 spiro atoms. The fourth-order valence-corrected chi connectivity index (χ4v) is 4.44. The van der Waals surface area contributed by atoms with Crippen molar-refractivity contribution >= 4 is 33.4 Å². The predicted molar refractivity (Wildman–Crippen MR) is 129 cm³/mol. The van der Waals surface area contributed by atoms with Crippen LogP contribution in [0.5, 0.6) is 11.5 Å². The van der Waals surface area contributed by atoms with Crippen molar-refractivity contribution < 1.29 is 19.1 Å². The van der Waals surface area contributed by atoms with Crippen LogP contribution in [-0.4, -0.2) is 23.1 Å². The van der Waals surface area contributed by atoms with Crippen LogP contribution in [0, 0.1) is 13.8 Å². The van der Waals surface area contributed by atoms with Gasteiger partial charge in [-0.05, 0) is 80.4 Å². The number of amides is 1. The number of esters is 1. The molecule has 4 rings (SSSR count). The molecule has 0 saturated heterocycles. The van der Waals surface area contributed by atoms with Crippen LogP contribution in [-0.2, 0) is 16.1 Å². The van der Waals surface area contributed by atoms with Crippen molar-refractivity contribution in [1.82, 2.24) is 4.57 Å². The molecule has 168 valence electrons. The van der Waals surface area contributed by atoms with Crippen molar-refractivity contribution in [3.63, 3.8) is 0 Å². The van der Waals surface area contributed by atoms with Crippen LogP contribution in [0.2, 0.25) is 0 Å². The summed E-state index contributed by atoms with van der Waals surface area (Å²) in [4.78, 5) is 30.0. The maximum absolute atomic E-state index is 12.9. The maximum Gasteiger partial charge on any atom is 0.326 e. The highest BCUT2D eigenvalue weighted by molar-refractivity contribution is 7.16. The number of hydrogen-bond acceptors (Lipinski definition) is 5. The second kappa shape index (κ2) is 9.83. The molecule has 1 heterocycles. The molecule has 33 heavy (non-hydrogen) atoms. The number of carbonyl (C=O) groups is 2. The number of ether oxygens (including phenoxy) is 2. The molecule has 0 aliphatic rings. The minimum atomic E-state index is -0.390. The van der Waals surface area contributed by atoms with Crippen molar-refractivity contribution in [2.75, 3.05) is 6.61 Å². The largest absolute Gasteiger partial charge is 0.465 e. The Hall–Kier alpha value is -3.71. The number of aromatic nitrogens is 1. The van der Waals surface area contributed by atoms with Crippen molar-refractivity contribution in [2.45, 2.75) is 27.3 Å². The molecule has 3 aromatic carbocycles.